The van der Waals surface area contributed by atoms with Crippen molar-refractivity contribution in [2.24, 2.45) is 0 Å². The Hall–Kier alpha value is -2.54. The van der Waals surface area contributed by atoms with Gasteiger partial charge >= 0.3 is 6.18 Å². The second kappa shape index (κ2) is 10.9. The number of hydrogen-bond acceptors (Lipinski definition) is 7. The zero-order chi connectivity index (χ0) is 27.7. The molecule has 0 spiro atoms. The Labute approximate surface area is 223 Å². The van der Waals surface area contributed by atoms with Crippen LogP contribution in [0.15, 0.2) is 30.5 Å². The first-order chi connectivity index (χ1) is 17.7. The minimum Gasteiger partial charge on any atom is -0.384 e. The van der Waals surface area contributed by atoms with Crippen molar-refractivity contribution in [3.05, 3.63) is 51.5 Å². The number of aliphatic hydroxyl groups is 2. The molecule has 2 aromatic rings. The third kappa shape index (κ3) is 6.71. The lowest BCUT2D eigenvalue weighted by atomic mass is 9.81. The van der Waals surface area contributed by atoms with Gasteiger partial charge in [-0.3, -0.25) is 14.5 Å². The minimum atomic E-state index is -4.55. The molecule has 1 atom stereocenters. The summed E-state index contributed by atoms with van der Waals surface area (Å²) in [6.07, 6.45) is 0.602. The number of amides is 2. The highest BCUT2D eigenvalue weighted by Gasteiger charge is 2.40. The molecule has 1 aromatic carbocycles. The van der Waals surface area contributed by atoms with E-state index in [0.29, 0.717) is 24.4 Å². The van der Waals surface area contributed by atoms with Gasteiger partial charge in [-0.25, -0.2) is 4.98 Å². The summed E-state index contributed by atoms with van der Waals surface area (Å²) < 4.78 is 38.6. The molecule has 8 nitrogen and oxygen atoms in total. The molecule has 38 heavy (non-hydrogen) atoms. The number of aromatic nitrogens is 1. The lowest BCUT2D eigenvalue weighted by Gasteiger charge is -2.39. The van der Waals surface area contributed by atoms with Crippen LogP contribution in [0.25, 0.3) is 0 Å². The summed E-state index contributed by atoms with van der Waals surface area (Å²) in [5, 5.41) is 27.2. The predicted molar refractivity (Wildman–Crippen MR) is 135 cm³/mol. The molecule has 4 N–H and O–H groups in total. The van der Waals surface area contributed by atoms with Crippen molar-refractivity contribution in [2.45, 2.75) is 75.4 Å². The molecule has 2 aliphatic rings. The van der Waals surface area contributed by atoms with E-state index in [4.69, 9.17) is 0 Å². The molecule has 1 aliphatic carbocycles. The number of benzene rings is 1. The number of likely N-dealkylation sites (tertiary alicyclic amines) is 1. The van der Waals surface area contributed by atoms with Crippen molar-refractivity contribution in [2.75, 3.05) is 19.6 Å². The van der Waals surface area contributed by atoms with Gasteiger partial charge in [-0.2, -0.15) is 13.2 Å². The fourth-order valence-corrected chi connectivity index (χ4v) is 6.14. The van der Waals surface area contributed by atoms with Gasteiger partial charge < -0.3 is 20.8 Å². The smallest absolute Gasteiger partial charge is 0.384 e. The molecule has 1 saturated carbocycles. The molecule has 0 bridgehead atoms. The topological polar surface area (TPSA) is 115 Å². The van der Waals surface area contributed by atoms with E-state index in [1.165, 1.54) is 17.4 Å². The van der Waals surface area contributed by atoms with Gasteiger partial charge in [0.25, 0.3) is 5.91 Å². The Morgan fingerprint density at radius 2 is 1.92 bits per heavy atom. The van der Waals surface area contributed by atoms with Gasteiger partial charge in [0, 0.05) is 36.9 Å². The lowest BCUT2D eigenvalue weighted by molar-refractivity contribution is -0.137. The number of rotatable bonds is 7. The SMILES string of the molecule is CC(C)(O)c1ncc(C2(O)CCC(N3CC[C@@H](NC(=O)CNC(=O)c4cccc(C(F)(F)F)c4)C3)CC2)s1. The fourth-order valence-electron chi connectivity index (χ4n) is 5.08. The molecule has 4 rings (SSSR count). The molecular formula is C26H33F3N4O4S. The van der Waals surface area contributed by atoms with Gasteiger partial charge in [-0.1, -0.05) is 6.07 Å². The zero-order valence-electron chi connectivity index (χ0n) is 21.3. The zero-order valence-corrected chi connectivity index (χ0v) is 22.2. The maximum Gasteiger partial charge on any atom is 0.416 e. The van der Waals surface area contributed by atoms with E-state index in [1.54, 1.807) is 20.0 Å². The molecule has 208 valence electrons. The number of halogens is 3. The van der Waals surface area contributed by atoms with Crippen LogP contribution in [0.3, 0.4) is 0 Å². The predicted octanol–water partition coefficient (Wildman–Crippen LogP) is 3.14. The fraction of sp³-hybridized carbons (Fsp3) is 0.577. The van der Waals surface area contributed by atoms with Crippen LogP contribution in [0.4, 0.5) is 13.2 Å². The van der Waals surface area contributed by atoms with E-state index in [-0.39, 0.29) is 24.2 Å². The molecule has 2 fully saturated rings. The van der Waals surface area contributed by atoms with Gasteiger partial charge in [-0.15, -0.1) is 11.3 Å². The Morgan fingerprint density at radius 3 is 2.55 bits per heavy atom. The Bertz CT molecular complexity index is 1160. The summed E-state index contributed by atoms with van der Waals surface area (Å²) in [5.74, 6) is -1.15. The van der Waals surface area contributed by atoms with Crippen molar-refractivity contribution in [1.82, 2.24) is 20.5 Å². The van der Waals surface area contributed by atoms with Crippen LogP contribution in [0.2, 0.25) is 0 Å². The summed E-state index contributed by atoms with van der Waals surface area (Å²) in [5.41, 5.74) is -3.09. The third-order valence-electron chi connectivity index (χ3n) is 7.23. The van der Waals surface area contributed by atoms with Crippen LogP contribution < -0.4 is 10.6 Å². The van der Waals surface area contributed by atoms with Crippen LogP contribution in [0, 0.1) is 0 Å². The largest absolute Gasteiger partial charge is 0.416 e. The lowest BCUT2D eigenvalue weighted by Crippen LogP contribution is -2.45. The second-order valence-electron chi connectivity index (χ2n) is 10.7. The van der Waals surface area contributed by atoms with Crippen LogP contribution in [0.5, 0.6) is 0 Å². The van der Waals surface area contributed by atoms with Crippen LogP contribution in [0.1, 0.15) is 71.8 Å². The van der Waals surface area contributed by atoms with E-state index in [9.17, 15) is 33.0 Å². The number of hydrogen-bond donors (Lipinski definition) is 4. The highest BCUT2D eigenvalue weighted by atomic mass is 32.1. The quantitative estimate of drug-likeness (QED) is 0.418. The molecule has 1 aromatic heterocycles. The van der Waals surface area contributed by atoms with Crippen molar-refractivity contribution < 1.29 is 33.0 Å². The normalized spacial score (nSPS) is 24.8. The van der Waals surface area contributed by atoms with Gasteiger partial charge in [0.15, 0.2) is 0 Å². The molecular weight excluding hydrogens is 521 g/mol. The van der Waals surface area contributed by atoms with E-state index in [0.717, 1.165) is 48.9 Å². The van der Waals surface area contributed by atoms with E-state index < -0.39 is 34.8 Å². The number of thiazole rings is 1. The molecule has 12 heteroatoms. The Balaban J connectivity index is 1.22. The maximum absolute atomic E-state index is 12.9. The highest BCUT2D eigenvalue weighted by molar-refractivity contribution is 7.11. The van der Waals surface area contributed by atoms with Crippen molar-refractivity contribution >= 4 is 23.2 Å². The number of nitrogens with one attached hydrogen (secondary N) is 2. The van der Waals surface area contributed by atoms with Crippen LogP contribution >= 0.6 is 11.3 Å². The number of nitrogens with zero attached hydrogens (tertiary/aromatic N) is 2. The van der Waals surface area contributed by atoms with E-state index >= 15 is 0 Å². The molecule has 2 amide bonds. The van der Waals surface area contributed by atoms with Gasteiger partial charge in [0.05, 0.1) is 17.0 Å². The summed E-state index contributed by atoms with van der Waals surface area (Å²) in [4.78, 5) is 32.0. The highest BCUT2D eigenvalue weighted by Crippen LogP contribution is 2.42. The Morgan fingerprint density at radius 1 is 1.21 bits per heavy atom. The molecule has 2 heterocycles. The summed E-state index contributed by atoms with van der Waals surface area (Å²) in [7, 11) is 0. The van der Waals surface area contributed by atoms with Gasteiger partial charge in [0.1, 0.15) is 16.2 Å². The number of carbonyl (C=O) groups is 2. The number of alkyl halides is 3. The molecule has 1 saturated heterocycles. The van der Waals surface area contributed by atoms with Crippen molar-refractivity contribution in [3.8, 4) is 0 Å². The second-order valence-corrected chi connectivity index (χ2v) is 11.7. The average Bonchev–Trinajstić information content (AvgIpc) is 3.53. The summed E-state index contributed by atoms with van der Waals surface area (Å²) >= 11 is 1.34. The maximum atomic E-state index is 12.9. The van der Waals surface area contributed by atoms with Gasteiger partial charge in [0.2, 0.25) is 5.91 Å². The summed E-state index contributed by atoms with van der Waals surface area (Å²) in [6.45, 7) is 4.46. The van der Waals surface area contributed by atoms with Crippen LogP contribution in [-0.4, -0.2) is 63.6 Å². The van der Waals surface area contributed by atoms with E-state index in [2.05, 4.69) is 20.5 Å². The first-order valence-electron chi connectivity index (χ1n) is 12.6. The Kier molecular flexibility index (Phi) is 8.17. The van der Waals surface area contributed by atoms with Crippen molar-refractivity contribution in [3.63, 3.8) is 0 Å². The monoisotopic (exact) mass is 554 g/mol. The number of carbonyl (C=O) groups excluding carboxylic acids is 2. The van der Waals surface area contributed by atoms with E-state index in [1.807, 2.05) is 0 Å². The summed E-state index contributed by atoms with van der Waals surface area (Å²) in [6, 6.07) is 4.25. The first kappa shape index (κ1) is 28.5. The standard InChI is InChI=1S/C26H33F3N4O4S/c1-24(2,36)23-31-13-20(38-23)25(37)9-6-19(7-10-25)33-11-8-18(15-33)32-21(34)14-30-22(35)16-4-3-5-17(12-16)26(27,28)29/h3-5,12-13,18-19,36-37H,6-11,14-15H2,1-2H3,(H,30,35)(H,32,34)/t18-,19?,25?/m1/s1. The first-order valence-corrected chi connectivity index (χ1v) is 13.5. The third-order valence-corrected chi connectivity index (χ3v) is 8.74. The van der Waals surface area contributed by atoms with Gasteiger partial charge in [-0.05, 0) is 64.2 Å². The van der Waals surface area contributed by atoms with Crippen molar-refractivity contribution in [1.29, 1.82) is 0 Å². The van der Waals surface area contributed by atoms with Crippen LogP contribution in [-0.2, 0) is 22.2 Å². The molecule has 0 unspecified atom stereocenters. The minimum absolute atomic E-state index is 0.0930. The average molecular weight is 555 g/mol. The molecule has 1 aliphatic heterocycles. The molecule has 0 radical (unpaired) electrons.